The minimum Gasteiger partial charge on any atom is -0.0873 e. The van der Waals surface area contributed by atoms with Crippen molar-refractivity contribution in [2.45, 2.75) is 25.7 Å². The summed E-state index contributed by atoms with van der Waals surface area (Å²) >= 11 is 0. The lowest BCUT2D eigenvalue weighted by Gasteiger charge is -2.19. The summed E-state index contributed by atoms with van der Waals surface area (Å²) in [6.07, 6.45) is 12.9. The summed E-state index contributed by atoms with van der Waals surface area (Å²) in [5.74, 6) is 1.01. The zero-order valence-corrected chi connectivity index (χ0v) is 6.14. The molecule has 1 fully saturated rings. The van der Waals surface area contributed by atoms with Crippen LogP contribution in [0.5, 0.6) is 0 Å². The van der Waals surface area contributed by atoms with E-state index in [0.29, 0.717) is 5.41 Å². The second kappa shape index (κ2) is 1.39. The molecule has 0 aliphatic heterocycles. The highest BCUT2D eigenvalue weighted by Gasteiger charge is 2.54. The van der Waals surface area contributed by atoms with Crippen LogP contribution in [-0.2, 0) is 0 Å². The predicted octanol–water partition coefficient (Wildman–Crippen LogP) is 2.67. The minimum atomic E-state index is 0.637. The van der Waals surface area contributed by atoms with Gasteiger partial charge in [0, 0.05) is 5.41 Å². The van der Waals surface area contributed by atoms with Crippen LogP contribution in [0.2, 0.25) is 0 Å². The fourth-order valence-corrected chi connectivity index (χ4v) is 2.73. The van der Waals surface area contributed by atoms with Crippen molar-refractivity contribution < 1.29 is 0 Å². The van der Waals surface area contributed by atoms with Gasteiger partial charge in [-0.05, 0) is 31.6 Å². The monoisotopic (exact) mass is 132 g/mol. The Balaban J connectivity index is 2.10. The summed E-state index contributed by atoms with van der Waals surface area (Å²) < 4.78 is 0. The van der Waals surface area contributed by atoms with Crippen LogP contribution in [0, 0.1) is 11.3 Å². The third kappa shape index (κ3) is 0.416. The van der Waals surface area contributed by atoms with E-state index in [-0.39, 0.29) is 0 Å². The van der Waals surface area contributed by atoms with E-state index in [1.807, 2.05) is 0 Å². The fourth-order valence-electron chi connectivity index (χ4n) is 2.73. The van der Waals surface area contributed by atoms with Crippen molar-refractivity contribution in [2.24, 2.45) is 11.3 Å². The van der Waals surface area contributed by atoms with Crippen LogP contribution in [-0.4, -0.2) is 0 Å². The summed E-state index contributed by atoms with van der Waals surface area (Å²) in [6.45, 7) is 0. The van der Waals surface area contributed by atoms with Crippen molar-refractivity contribution in [1.82, 2.24) is 0 Å². The first-order valence-electron chi connectivity index (χ1n) is 4.29. The molecule has 3 aliphatic carbocycles. The standard InChI is InChI=1S/C10H12/c1-3-8-5-2-6-10(8)7-9(10)4-1/h2,4,6,8H,1,3,5,7H2. The quantitative estimate of drug-likeness (QED) is 0.444. The zero-order chi connectivity index (χ0) is 6.60. The molecule has 0 nitrogen and oxygen atoms in total. The van der Waals surface area contributed by atoms with Gasteiger partial charge in [-0.15, -0.1) is 0 Å². The van der Waals surface area contributed by atoms with Gasteiger partial charge >= 0.3 is 0 Å². The molecule has 2 atom stereocenters. The van der Waals surface area contributed by atoms with E-state index in [1.54, 1.807) is 5.57 Å². The molecule has 2 unspecified atom stereocenters. The predicted molar refractivity (Wildman–Crippen MR) is 41.6 cm³/mol. The van der Waals surface area contributed by atoms with Crippen LogP contribution in [0.25, 0.3) is 0 Å². The van der Waals surface area contributed by atoms with E-state index >= 15 is 0 Å². The van der Waals surface area contributed by atoms with Gasteiger partial charge in [-0.3, -0.25) is 0 Å². The van der Waals surface area contributed by atoms with Gasteiger partial charge in [0.05, 0.1) is 0 Å². The molecule has 1 spiro atoms. The van der Waals surface area contributed by atoms with Crippen LogP contribution in [0.15, 0.2) is 23.8 Å². The number of hydrogen-bond donors (Lipinski definition) is 0. The van der Waals surface area contributed by atoms with Crippen molar-refractivity contribution >= 4 is 0 Å². The average Bonchev–Trinajstić information content (AvgIpc) is 2.51. The molecule has 0 aromatic carbocycles. The molecule has 3 rings (SSSR count). The number of rotatable bonds is 0. The summed E-state index contributed by atoms with van der Waals surface area (Å²) in [6, 6.07) is 0. The molecule has 0 N–H and O–H groups in total. The molecular weight excluding hydrogens is 120 g/mol. The van der Waals surface area contributed by atoms with E-state index in [2.05, 4.69) is 18.2 Å². The Kier molecular flexibility index (Phi) is 0.719. The molecule has 0 amide bonds. The second-order valence-corrected chi connectivity index (χ2v) is 3.86. The van der Waals surface area contributed by atoms with Gasteiger partial charge in [0.2, 0.25) is 0 Å². The third-order valence-electron chi connectivity index (χ3n) is 3.43. The van der Waals surface area contributed by atoms with Crippen LogP contribution >= 0.6 is 0 Å². The highest BCUT2D eigenvalue weighted by molar-refractivity contribution is 5.44. The maximum Gasteiger partial charge on any atom is 0.0160 e. The van der Waals surface area contributed by atoms with Crippen molar-refractivity contribution in [2.75, 3.05) is 0 Å². The van der Waals surface area contributed by atoms with Gasteiger partial charge < -0.3 is 0 Å². The van der Waals surface area contributed by atoms with Crippen molar-refractivity contribution in [3.63, 3.8) is 0 Å². The molecule has 1 saturated carbocycles. The molecular formula is C10H12. The highest BCUT2D eigenvalue weighted by Crippen LogP contribution is 2.65. The summed E-state index contributed by atoms with van der Waals surface area (Å²) in [5, 5.41) is 0. The first kappa shape index (κ1) is 5.17. The summed E-state index contributed by atoms with van der Waals surface area (Å²) in [7, 11) is 0. The Morgan fingerprint density at radius 1 is 1.50 bits per heavy atom. The third-order valence-corrected chi connectivity index (χ3v) is 3.43. The van der Waals surface area contributed by atoms with Crippen molar-refractivity contribution in [1.29, 1.82) is 0 Å². The van der Waals surface area contributed by atoms with Gasteiger partial charge in [-0.1, -0.05) is 23.8 Å². The summed E-state index contributed by atoms with van der Waals surface area (Å²) in [4.78, 5) is 0. The maximum atomic E-state index is 2.46. The Morgan fingerprint density at radius 3 is 3.40 bits per heavy atom. The Hall–Kier alpha value is -0.520. The lowest BCUT2D eigenvalue weighted by atomic mass is 9.84. The molecule has 0 aromatic rings. The van der Waals surface area contributed by atoms with Gasteiger partial charge in [-0.2, -0.15) is 0 Å². The van der Waals surface area contributed by atoms with E-state index in [9.17, 15) is 0 Å². The lowest BCUT2D eigenvalue weighted by molar-refractivity contribution is 0.385. The zero-order valence-electron chi connectivity index (χ0n) is 6.14. The Labute approximate surface area is 61.6 Å². The molecule has 0 heterocycles. The molecule has 0 bridgehead atoms. The molecule has 52 valence electrons. The summed E-state index contributed by atoms with van der Waals surface area (Å²) in [5.41, 5.74) is 2.38. The highest BCUT2D eigenvalue weighted by atomic mass is 14.6. The van der Waals surface area contributed by atoms with Crippen molar-refractivity contribution in [3.05, 3.63) is 23.8 Å². The smallest absolute Gasteiger partial charge is 0.0160 e. The molecule has 0 saturated heterocycles. The van der Waals surface area contributed by atoms with Crippen LogP contribution in [0.3, 0.4) is 0 Å². The molecule has 0 aromatic heterocycles. The minimum absolute atomic E-state index is 0.637. The first-order valence-corrected chi connectivity index (χ1v) is 4.29. The van der Waals surface area contributed by atoms with Gasteiger partial charge in [0.1, 0.15) is 0 Å². The SMILES string of the molecule is C1=CC23CC2=CCCC3C1. The topological polar surface area (TPSA) is 0 Å². The largest absolute Gasteiger partial charge is 0.0873 e. The number of hydrogen-bond acceptors (Lipinski definition) is 0. The normalized spacial score (nSPS) is 48.0. The van der Waals surface area contributed by atoms with Gasteiger partial charge in [-0.25, -0.2) is 0 Å². The van der Waals surface area contributed by atoms with E-state index in [1.165, 1.54) is 25.7 Å². The van der Waals surface area contributed by atoms with E-state index in [4.69, 9.17) is 0 Å². The maximum absolute atomic E-state index is 2.46. The molecule has 10 heavy (non-hydrogen) atoms. The van der Waals surface area contributed by atoms with Gasteiger partial charge in [0.25, 0.3) is 0 Å². The first-order chi connectivity index (χ1) is 4.92. The van der Waals surface area contributed by atoms with Crippen LogP contribution in [0.4, 0.5) is 0 Å². The molecule has 0 heteroatoms. The average molecular weight is 132 g/mol. The van der Waals surface area contributed by atoms with Gasteiger partial charge in [0.15, 0.2) is 0 Å². The second-order valence-electron chi connectivity index (χ2n) is 3.86. The fraction of sp³-hybridized carbons (Fsp3) is 0.600. The van der Waals surface area contributed by atoms with E-state index < -0.39 is 0 Å². The Bertz CT molecular complexity index is 234. The lowest BCUT2D eigenvalue weighted by Crippen LogP contribution is -2.11. The van der Waals surface area contributed by atoms with E-state index in [0.717, 1.165) is 5.92 Å². The Morgan fingerprint density at radius 2 is 2.50 bits per heavy atom. The van der Waals surface area contributed by atoms with Crippen LogP contribution in [0.1, 0.15) is 25.7 Å². The van der Waals surface area contributed by atoms with Crippen LogP contribution < -0.4 is 0 Å². The number of allylic oxidation sites excluding steroid dienone is 4. The molecule has 0 radical (unpaired) electrons. The molecule has 3 aliphatic rings. The van der Waals surface area contributed by atoms with Crippen molar-refractivity contribution in [3.8, 4) is 0 Å².